The quantitative estimate of drug-likeness (QED) is 0.785. The van der Waals surface area contributed by atoms with Crippen LogP contribution in [0.2, 0.25) is 0 Å². The van der Waals surface area contributed by atoms with Crippen LogP contribution in [0.25, 0.3) is 0 Å². The molecular formula is C19H20F3N2+. The highest BCUT2D eigenvalue weighted by atomic mass is 19.4. The van der Waals surface area contributed by atoms with Crippen LogP contribution in [0, 0.1) is 11.3 Å². The maximum Gasteiger partial charge on any atom is 1.00 e. The van der Waals surface area contributed by atoms with Crippen LogP contribution in [0.1, 0.15) is 25.4 Å². The van der Waals surface area contributed by atoms with Crippen LogP contribution in [0.5, 0.6) is 0 Å². The number of anilines is 1. The lowest BCUT2D eigenvalue weighted by Gasteiger charge is -2.22. The van der Waals surface area contributed by atoms with E-state index in [1.807, 2.05) is 30.3 Å². The van der Waals surface area contributed by atoms with Gasteiger partial charge in [0.05, 0.1) is 11.6 Å². The van der Waals surface area contributed by atoms with Crippen molar-refractivity contribution in [3.8, 4) is 0 Å². The highest BCUT2D eigenvalue weighted by Gasteiger charge is 2.33. The summed E-state index contributed by atoms with van der Waals surface area (Å²) in [7, 11) is 0. The molecule has 2 nitrogen and oxygen atoms in total. The zero-order chi connectivity index (χ0) is 17.2. The molecule has 2 unspecified atom stereocenters. The first-order valence-electron chi connectivity index (χ1n) is 7.98. The molecule has 1 saturated carbocycles. The highest BCUT2D eigenvalue weighted by Crippen LogP contribution is 2.32. The Balaban J connectivity index is 0.00000225. The van der Waals surface area contributed by atoms with Crippen molar-refractivity contribution in [1.29, 1.82) is 5.41 Å². The molecule has 0 heterocycles. The van der Waals surface area contributed by atoms with E-state index >= 15 is 0 Å². The molecule has 0 spiro atoms. The summed E-state index contributed by atoms with van der Waals surface area (Å²) in [6.45, 7) is 0. The Hall–Kier alpha value is -2.30. The minimum Gasteiger partial charge on any atom is -0.377 e. The number of nitrogens with one attached hydrogen (secondary N) is 2. The molecule has 0 saturated heterocycles. The van der Waals surface area contributed by atoms with Crippen LogP contribution in [0.3, 0.4) is 0 Å². The lowest BCUT2D eigenvalue weighted by molar-refractivity contribution is -0.137. The molecule has 0 aliphatic heterocycles. The van der Waals surface area contributed by atoms with Gasteiger partial charge in [-0.1, -0.05) is 30.3 Å². The van der Waals surface area contributed by atoms with Crippen LogP contribution < -0.4 is 5.32 Å². The summed E-state index contributed by atoms with van der Waals surface area (Å²) in [5.41, 5.74) is 1.88. The summed E-state index contributed by atoms with van der Waals surface area (Å²) in [4.78, 5) is 0. The molecule has 1 aliphatic rings. The molecule has 0 radical (unpaired) electrons. The molecule has 2 aromatic rings. The number of hydrogen-bond donors (Lipinski definition) is 2. The zero-order valence-electron chi connectivity index (χ0n) is 14.1. The molecule has 0 amide bonds. The van der Waals surface area contributed by atoms with Gasteiger partial charge >= 0.3 is 7.60 Å². The minimum absolute atomic E-state index is 0. The fourth-order valence-corrected chi connectivity index (χ4v) is 3.22. The van der Waals surface area contributed by atoms with Gasteiger partial charge in [-0.05, 0) is 55.0 Å². The Morgan fingerprint density at radius 1 is 1.04 bits per heavy atom. The predicted octanol–water partition coefficient (Wildman–Crippen LogP) is 5.27. The zero-order valence-corrected chi connectivity index (χ0v) is 13.1. The molecule has 1 aliphatic carbocycles. The molecular weight excluding hydrogens is 313 g/mol. The molecule has 2 atom stereocenters. The standard InChI is InChI=1S/C19H19F3N2/c20-19(21,22)15-9-6-13(7-10-15)12-14-8-11-17(23)18(14)24-16-4-2-1-3-5-16/h1-7,9-10,14,18,23-24H,8,11-12H2/p+1. The SMILES string of the molecule is N=C1CCC(Cc2ccc(C(F)(F)F)cc2)C1Nc1ccccc1.[H+]. The lowest BCUT2D eigenvalue weighted by atomic mass is 9.93. The van der Waals surface area contributed by atoms with Gasteiger partial charge in [0, 0.05) is 11.4 Å². The Kier molecular flexibility index (Phi) is 4.60. The number of benzene rings is 2. The Bertz CT molecular complexity index is 699. The lowest BCUT2D eigenvalue weighted by Crippen LogP contribution is -2.31. The first-order valence-corrected chi connectivity index (χ1v) is 7.98. The van der Waals surface area contributed by atoms with E-state index in [0.29, 0.717) is 12.1 Å². The number of hydrogen-bond acceptors (Lipinski definition) is 2. The summed E-state index contributed by atoms with van der Waals surface area (Å²) < 4.78 is 37.9. The first-order chi connectivity index (χ1) is 11.4. The number of rotatable bonds is 4. The van der Waals surface area contributed by atoms with E-state index in [1.165, 1.54) is 0 Å². The summed E-state index contributed by atoms with van der Waals surface area (Å²) in [5, 5.41) is 11.5. The summed E-state index contributed by atoms with van der Waals surface area (Å²) in [6.07, 6.45) is -2.02. The van der Waals surface area contributed by atoms with Crippen molar-refractivity contribution < 1.29 is 14.6 Å². The van der Waals surface area contributed by atoms with Crippen molar-refractivity contribution in [2.24, 2.45) is 5.92 Å². The highest BCUT2D eigenvalue weighted by molar-refractivity contribution is 5.91. The third-order valence-electron chi connectivity index (χ3n) is 4.51. The van der Waals surface area contributed by atoms with E-state index in [0.717, 1.165) is 36.2 Å². The molecule has 1 fully saturated rings. The van der Waals surface area contributed by atoms with E-state index in [4.69, 9.17) is 5.41 Å². The fourth-order valence-electron chi connectivity index (χ4n) is 3.22. The van der Waals surface area contributed by atoms with Crippen LogP contribution in [-0.2, 0) is 12.6 Å². The van der Waals surface area contributed by atoms with Crippen molar-refractivity contribution in [1.82, 2.24) is 0 Å². The Labute approximate surface area is 140 Å². The van der Waals surface area contributed by atoms with Gasteiger partial charge < -0.3 is 10.7 Å². The van der Waals surface area contributed by atoms with Crippen molar-refractivity contribution in [2.75, 3.05) is 5.32 Å². The van der Waals surface area contributed by atoms with Gasteiger partial charge in [-0.15, -0.1) is 0 Å². The second-order valence-corrected chi connectivity index (χ2v) is 6.21. The minimum atomic E-state index is -4.30. The van der Waals surface area contributed by atoms with Gasteiger partial charge in [0.1, 0.15) is 0 Å². The van der Waals surface area contributed by atoms with Gasteiger partial charge in [0.25, 0.3) is 0 Å². The first kappa shape index (κ1) is 16.6. The van der Waals surface area contributed by atoms with Crippen molar-refractivity contribution >= 4 is 11.4 Å². The largest absolute Gasteiger partial charge is 1.00 e. The molecule has 0 bridgehead atoms. The maximum atomic E-state index is 12.6. The van der Waals surface area contributed by atoms with E-state index in [1.54, 1.807) is 12.1 Å². The fraction of sp³-hybridized carbons (Fsp3) is 0.316. The Morgan fingerprint density at radius 3 is 2.33 bits per heavy atom. The molecule has 5 heteroatoms. The van der Waals surface area contributed by atoms with Crippen molar-refractivity contribution in [2.45, 2.75) is 31.5 Å². The second-order valence-electron chi connectivity index (χ2n) is 6.21. The maximum absolute atomic E-state index is 12.6. The number of alkyl halides is 3. The van der Waals surface area contributed by atoms with E-state index in [9.17, 15) is 13.2 Å². The predicted molar refractivity (Wildman–Crippen MR) is 90.6 cm³/mol. The van der Waals surface area contributed by atoms with Gasteiger partial charge in [-0.2, -0.15) is 13.2 Å². The topological polar surface area (TPSA) is 35.9 Å². The van der Waals surface area contributed by atoms with Gasteiger partial charge in [-0.25, -0.2) is 0 Å². The molecule has 2 aromatic carbocycles. The smallest absolute Gasteiger partial charge is 0.377 e. The van der Waals surface area contributed by atoms with E-state index in [2.05, 4.69) is 5.32 Å². The third kappa shape index (κ3) is 3.78. The molecule has 24 heavy (non-hydrogen) atoms. The van der Waals surface area contributed by atoms with Crippen LogP contribution in [-0.4, -0.2) is 11.8 Å². The molecule has 126 valence electrons. The normalized spacial score (nSPS) is 21.0. The van der Waals surface area contributed by atoms with Crippen LogP contribution in [0.4, 0.5) is 18.9 Å². The van der Waals surface area contributed by atoms with Crippen LogP contribution in [0.15, 0.2) is 54.6 Å². The second kappa shape index (κ2) is 6.67. The van der Waals surface area contributed by atoms with Gasteiger partial charge in [-0.3, -0.25) is 0 Å². The molecule has 2 N–H and O–H groups in total. The van der Waals surface area contributed by atoms with Crippen molar-refractivity contribution in [3.05, 3.63) is 65.7 Å². The third-order valence-corrected chi connectivity index (χ3v) is 4.51. The van der Waals surface area contributed by atoms with Crippen molar-refractivity contribution in [3.63, 3.8) is 0 Å². The summed E-state index contributed by atoms with van der Waals surface area (Å²) in [6, 6.07) is 15.0. The number of para-hydroxylation sites is 1. The average molecular weight is 333 g/mol. The molecule has 0 aromatic heterocycles. The summed E-state index contributed by atoms with van der Waals surface area (Å²) in [5.74, 6) is 0.217. The Morgan fingerprint density at radius 2 is 1.71 bits per heavy atom. The van der Waals surface area contributed by atoms with Gasteiger partial charge in [0.2, 0.25) is 0 Å². The van der Waals surface area contributed by atoms with E-state index < -0.39 is 11.7 Å². The monoisotopic (exact) mass is 333 g/mol. The molecule has 3 rings (SSSR count). The van der Waals surface area contributed by atoms with E-state index in [-0.39, 0.29) is 13.4 Å². The van der Waals surface area contributed by atoms with Gasteiger partial charge in [0.15, 0.2) is 0 Å². The summed E-state index contributed by atoms with van der Waals surface area (Å²) >= 11 is 0. The average Bonchev–Trinajstić information content (AvgIpc) is 2.89. The number of halogens is 3. The van der Waals surface area contributed by atoms with Crippen LogP contribution >= 0.6 is 0 Å².